The number of hydrogen-bond acceptors (Lipinski definition) is 5. The Morgan fingerprint density at radius 3 is 2.66 bits per heavy atom. The van der Waals surface area contributed by atoms with Gasteiger partial charge in [-0.05, 0) is 44.7 Å². The first-order chi connectivity index (χ1) is 15.2. The van der Waals surface area contributed by atoms with Crippen molar-refractivity contribution >= 4 is 29.9 Å². The molecule has 4 rings (SSSR count). The third kappa shape index (κ3) is 6.89. The third-order valence-electron chi connectivity index (χ3n) is 6.32. The lowest BCUT2D eigenvalue weighted by Crippen LogP contribution is -2.46. The molecule has 0 saturated carbocycles. The summed E-state index contributed by atoms with van der Waals surface area (Å²) in [4.78, 5) is 7.37. The molecular weight excluding hydrogens is 517 g/mol. The number of guanidine groups is 1. The summed E-state index contributed by atoms with van der Waals surface area (Å²) in [5.74, 6) is 2.58. The normalized spacial score (nSPS) is 21.5. The number of benzene rings is 1. The van der Waals surface area contributed by atoms with Crippen molar-refractivity contribution in [3.05, 3.63) is 47.5 Å². The number of hydrogen-bond donors (Lipinski definition) is 2. The highest BCUT2D eigenvalue weighted by Gasteiger charge is 2.25. The monoisotopic (exact) mass is 553 g/mol. The van der Waals surface area contributed by atoms with Crippen LogP contribution in [0.15, 0.2) is 35.3 Å². The summed E-state index contributed by atoms with van der Waals surface area (Å²) in [6, 6.07) is 11.2. The summed E-state index contributed by atoms with van der Waals surface area (Å²) in [7, 11) is 1.98. The molecule has 2 saturated heterocycles. The molecule has 1 aromatic carbocycles. The zero-order valence-electron chi connectivity index (χ0n) is 19.2. The molecule has 0 amide bonds. The molecule has 2 aliphatic heterocycles. The zero-order chi connectivity index (χ0) is 21.5. The molecule has 3 heterocycles. The molecule has 2 N–H and O–H groups in total. The molecule has 0 aliphatic carbocycles. The lowest BCUT2D eigenvalue weighted by atomic mass is 10.2. The predicted molar refractivity (Wildman–Crippen MR) is 137 cm³/mol. The largest absolute Gasteiger partial charge is 0.376 e. The number of ether oxygens (including phenoxy) is 1. The Kier molecular flexibility index (Phi) is 9.73. The van der Waals surface area contributed by atoms with Gasteiger partial charge in [0, 0.05) is 39.3 Å². The van der Waals surface area contributed by atoms with Crippen LogP contribution in [0.1, 0.15) is 42.9 Å². The van der Waals surface area contributed by atoms with Crippen molar-refractivity contribution in [3.63, 3.8) is 0 Å². The second-order valence-corrected chi connectivity index (χ2v) is 8.54. The van der Waals surface area contributed by atoms with Crippen molar-refractivity contribution in [2.45, 2.75) is 57.8 Å². The van der Waals surface area contributed by atoms with Crippen molar-refractivity contribution < 1.29 is 4.74 Å². The minimum atomic E-state index is 0. The Bertz CT molecular complexity index is 851. The van der Waals surface area contributed by atoms with Gasteiger partial charge in [-0.3, -0.25) is 4.90 Å². The Hall–Kier alpha value is -1.72. The smallest absolute Gasteiger partial charge is 0.191 e. The molecule has 0 radical (unpaired) electrons. The van der Waals surface area contributed by atoms with E-state index < -0.39 is 0 Å². The first-order valence-electron chi connectivity index (χ1n) is 11.5. The molecule has 32 heavy (non-hydrogen) atoms. The maximum absolute atomic E-state index is 5.77. The molecule has 1 aromatic heterocycles. The molecule has 2 fully saturated rings. The average molecular weight is 553 g/mol. The van der Waals surface area contributed by atoms with E-state index in [4.69, 9.17) is 9.73 Å². The van der Waals surface area contributed by atoms with Crippen LogP contribution >= 0.6 is 24.0 Å². The van der Waals surface area contributed by atoms with Gasteiger partial charge in [-0.2, -0.15) is 0 Å². The first kappa shape index (κ1) is 24.9. The number of likely N-dealkylation sites (tertiary alicyclic amines) is 1. The van der Waals surface area contributed by atoms with Gasteiger partial charge in [-0.1, -0.05) is 30.3 Å². The number of rotatable bonds is 8. The van der Waals surface area contributed by atoms with Gasteiger partial charge < -0.3 is 19.9 Å². The summed E-state index contributed by atoms with van der Waals surface area (Å²) in [6.07, 6.45) is 4.97. The molecule has 2 atom stereocenters. The molecular formula is C23H36IN7O. The Balaban J connectivity index is 0.00000289. The molecule has 8 nitrogen and oxygen atoms in total. The minimum absolute atomic E-state index is 0. The Morgan fingerprint density at radius 1 is 1.12 bits per heavy atom. The Labute approximate surface area is 208 Å². The van der Waals surface area contributed by atoms with E-state index in [0.717, 1.165) is 63.2 Å². The van der Waals surface area contributed by atoms with E-state index in [0.29, 0.717) is 12.6 Å². The van der Waals surface area contributed by atoms with E-state index in [1.807, 2.05) is 18.5 Å². The van der Waals surface area contributed by atoms with Gasteiger partial charge >= 0.3 is 0 Å². The molecule has 176 valence electrons. The highest BCUT2D eigenvalue weighted by molar-refractivity contribution is 14.0. The van der Waals surface area contributed by atoms with Gasteiger partial charge in [0.2, 0.25) is 0 Å². The van der Waals surface area contributed by atoms with Gasteiger partial charge in [-0.15, -0.1) is 34.2 Å². The molecule has 2 aliphatic rings. The number of halogens is 1. The average Bonchev–Trinajstić information content (AvgIpc) is 3.53. The van der Waals surface area contributed by atoms with Gasteiger partial charge in [0.25, 0.3) is 0 Å². The van der Waals surface area contributed by atoms with Crippen molar-refractivity contribution in [3.8, 4) is 0 Å². The first-order valence-corrected chi connectivity index (χ1v) is 11.5. The van der Waals surface area contributed by atoms with Crippen molar-refractivity contribution in [1.29, 1.82) is 0 Å². The third-order valence-corrected chi connectivity index (χ3v) is 6.32. The van der Waals surface area contributed by atoms with Crippen molar-refractivity contribution in [2.24, 2.45) is 12.0 Å². The SMILES string of the molecule is Cc1nnc(CN=C(NCC2CCCO2)NCC2CCCN2Cc2ccccc2)n1C.I. The highest BCUT2D eigenvalue weighted by atomic mass is 127. The van der Waals surface area contributed by atoms with Gasteiger partial charge in [0.1, 0.15) is 12.4 Å². The van der Waals surface area contributed by atoms with Crippen LogP contribution in [0.5, 0.6) is 0 Å². The molecule has 2 unspecified atom stereocenters. The number of aryl methyl sites for hydroxylation is 1. The van der Waals surface area contributed by atoms with Gasteiger partial charge in [0.05, 0.1) is 6.10 Å². The van der Waals surface area contributed by atoms with Gasteiger partial charge in [0.15, 0.2) is 11.8 Å². The summed E-state index contributed by atoms with van der Waals surface area (Å²) in [5.41, 5.74) is 1.37. The number of nitrogens with zero attached hydrogens (tertiary/aromatic N) is 5. The fourth-order valence-electron chi connectivity index (χ4n) is 4.30. The minimum Gasteiger partial charge on any atom is -0.376 e. The van der Waals surface area contributed by atoms with E-state index in [2.05, 4.69) is 56.1 Å². The van der Waals surface area contributed by atoms with Crippen LogP contribution in [0, 0.1) is 6.92 Å². The number of nitrogens with one attached hydrogen (secondary N) is 2. The number of aromatic nitrogens is 3. The molecule has 2 aromatic rings. The fraction of sp³-hybridized carbons (Fsp3) is 0.609. The van der Waals surface area contributed by atoms with E-state index in [1.165, 1.54) is 18.4 Å². The fourth-order valence-corrected chi connectivity index (χ4v) is 4.30. The van der Waals surface area contributed by atoms with E-state index >= 15 is 0 Å². The van der Waals surface area contributed by atoms with E-state index in [9.17, 15) is 0 Å². The molecule has 0 spiro atoms. The highest BCUT2D eigenvalue weighted by Crippen LogP contribution is 2.19. The maximum Gasteiger partial charge on any atom is 0.191 e. The van der Waals surface area contributed by atoms with Gasteiger partial charge in [-0.25, -0.2) is 4.99 Å². The van der Waals surface area contributed by atoms with Crippen LogP contribution in [0.2, 0.25) is 0 Å². The molecule has 9 heteroatoms. The zero-order valence-corrected chi connectivity index (χ0v) is 21.5. The second kappa shape index (κ2) is 12.5. The van der Waals surface area contributed by atoms with Crippen LogP contribution in [-0.2, 0) is 24.9 Å². The van der Waals surface area contributed by atoms with Crippen molar-refractivity contribution in [2.75, 3.05) is 26.2 Å². The van der Waals surface area contributed by atoms with E-state index in [-0.39, 0.29) is 30.1 Å². The summed E-state index contributed by atoms with van der Waals surface area (Å²) in [5, 5.41) is 15.4. The summed E-state index contributed by atoms with van der Waals surface area (Å²) < 4.78 is 7.76. The topological polar surface area (TPSA) is 79.6 Å². The quantitative estimate of drug-likeness (QED) is 0.298. The van der Waals surface area contributed by atoms with Crippen LogP contribution in [0.3, 0.4) is 0 Å². The molecule has 0 bridgehead atoms. The Morgan fingerprint density at radius 2 is 1.94 bits per heavy atom. The van der Waals surface area contributed by atoms with Crippen LogP contribution < -0.4 is 10.6 Å². The van der Waals surface area contributed by atoms with Crippen LogP contribution in [-0.4, -0.2) is 64.0 Å². The lowest BCUT2D eigenvalue weighted by Gasteiger charge is -2.26. The van der Waals surface area contributed by atoms with Crippen molar-refractivity contribution in [1.82, 2.24) is 30.3 Å². The summed E-state index contributed by atoms with van der Waals surface area (Å²) in [6.45, 7) is 7.12. The predicted octanol–water partition coefficient (Wildman–Crippen LogP) is 2.62. The second-order valence-electron chi connectivity index (χ2n) is 8.54. The maximum atomic E-state index is 5.77. The van der Waals surface area contributed by atoms with Crippen LogP contribution in [0.25, 0.3) is 0 Å². The van der Waals surface area contributed by atoms with Crippen LogP contribution in [0.4, 0.5) is 0 Å². The summed E-state index contributed by atoms with van der Waals surface area (Å²) >= 11 is 0. The standard InChI is InChI=1S/C23H35N7O.HI/c1-18-27-28-22(29(18)2)16-26-23(25-15-21-11-7-13-31-21)24-14-20-10-6-12-30(20)17-19-8-4-3-5-9-19;/h3-5,8-9,20-21H,6-7,10-17H2,1-2H3,(H2,24,25,26);1H. The van der Waals surface area contributed by atoms with E-state index in [1.54, 1.807) is 0 Å². The number of aliphatic imine (C=N–C) groups is 1. The lowest BCUT2D eigenvalue weighted by molar-refractivity contribution is 0.113.